The van der Waals surface area contributed by atoms with Crippen LogP contribution >= 0.6 is 0 Å². The Bertz CT molecular complexity index is 562. The van der Waals surface area contributed by atoms with Crippen molar-refractivity contribution in [2.45, 2.75) is 45.1 Å². The van der Waals surface area contributed by atoms with Gasteiger partial charge in [-0.3, -0.25) is 4.79 Å². The monoisotopic (exact) mass is 317 g/mol. The van der Waals surface area contributed by atoms with Crippen molar-refractivity contribution >= 4 is 11.7 Å². The Morgan fingerprint density at radius 1 is 1.26 bits per heavy atom. The SMILES string of the molecule is CC(=O)N1CCc2ncnc(NCC3CCCCN3C)c2CC1. The number of rotatable bonds is 3. The van der Waals surface area contributed by atoms with Crippen molar-refractivity contribution in [2.75, 3.05) is 38.5 Å². The predicted octanol–water partition coefficient (Wildman–Crippen LogP) is 1.32. The van der Waals surface area contributed by atoms with E-state index in [9.17, 15) is 4.79 Å². The predicted molar refractivity (Wildman–Crippen MR) is 90.5 cm³/mol. The first-order valence-electron chi connectivity index (χ1n) is 8.67. The van der Waals surface area contributed by atoms with Gasteiger partial charge in [0, 0.05) is 44.6 Å². The molecule has 23 heavy (non-hydrogen) atoms. The zero-order chi connectivity index (χ0) is 16.2. The number of amides is 1. The van der Waals surface area contributed by atoms with E-state index < -0.39 is 0 Å². The van der Waals surface area contributed by atoms with Crippen molar-refractivity contribution in [1.29, 1.82) is 0 Å². The van der Waals surface area contributed by atoms with Crippen LogP contribution in [0.4, 0.5) is 5.82 Å². The van der Waals surface area contributed by atoms with E-state index in [4.69, 9.17) is 0 Å². The summed E-state index contributed by atoms with van der Waals surface area (Å²) in [6.07, 6.45) is 7.15. The van der Waals surface area contributed by atoms with Crippen LogP contribution in [0.15, 0.2) is 6.33 Å². The van der Waals surface area contributed by atoms with Crippen LogP contribution in [-0.4, -0.2) is 64.9 Å². The summed E-state index contributed by atoms with van der Waals surface area (Å²) in [4.78, 5) is 24.9. The van der Waals surface area contributed by atoms with Crippen LogP contribution in [0.2, 0.25) is 0 Å². The summed E-state index contributed by atoms with van der Waals surface area (Å²) in [6.45, 7) is 5.26. The van der Waals surface area contributed by atoms with Gasteiger partial charge in [-0.25, -0.2) is 9.97 Å². The number of hydrogen-bond donors (Lipinski definition) is 1. The molecule has 1 aromatic rings. The largest absolute Gasteiger partial charge is 0.368 e. The minimum absolute atomic E-state index is 0.143. The number of carbonyl (C=O) groups is 1. The van der Waals surface area contributed by atoms with Gasteiger partial charge in [-0.2, -0.15) is 0 Å². The summed E-state index contributed by atoms with van der Waals surface area (Å²) in [7, 11) is 2.21. The molecule has 2 aliphatic rings. The molecule has 0 aromatic carbocycles. The number of likely N-dealkylation sites (tertiary alicyclic amines) is 1. The molecule has 1 unspecified atom stereocenters. The lowest BCUT2D eigenvalue weighted by atomic mass is 10.0. The lowest BCUT2D eigenvalue weighted by Gasteiger charge is -2.32. The number of hydrogen-bond acceptors (Lipinski definition) is 5. The second kappa shape index (κ2) is 7.25. The van der Waals surface area contributed by atoms with Crippen LogP contribution in [0.5, 0.6) is 0 Å². The summed E-state index contributed by atoms with van der Waals surface area (Å²) in [5.41, 5.74) is 2.28. The highest BCUT2D eigenvalue weighted by atomic mass is 16.2. The highest BCUT2D eigenvalue weighted by Crippen LogP contribution is 2.22. The van der Waals surface area contributed by atoms with E-state index in [2.05, 4.69) is 27.2 Å². The Kier molecular flexibility index (Phi) is 5.10. The molecular weight excluding hydrogens is 290 g/mol. The number of nitrogens with zero attached hydrogens (tertiary/aromatic N) is 4. The summed E-state index contributed by atoms with van der Waals surface area (Å²) in [5.74, 6) is 1.10. The van der Waals surface area contributed by atoms with Crippen molar-refractivity contribution in [3.8, 4) is 0 Å². The third-order valence-corrected chi connectivity index (χ3v) is 5.16. The molecule has 6 heteroatoms. The van der Waals surface area contributed by atoms with Gasteiger partial charge in [-0.15, -0.1) is 0 Å². The lowest BCUT2D eigenvalue weighted by Crippen LogP contribution is -2.41. The fourth-order valence-corrected chi connectivity index (χ4v) is 3.61. The quantitative estimate of drug-likeness (QED) is 0.911. The van der Waals surface area contributed by atoms with Crippen molar-refractivity contribution in [1.82, 2.24) is 19.8 Å². The molecular formula is C17H27N5O. The van der Waals surface area contributed by atoms with Crippen LogP contribution in [0.1, 0.15) is 37.4 Å². The van der Waals surface area contributed by atoms with Gasteiger partial charge in [-0.1, -0.05) is 6.42 Å². The van der Waals surface area contributed by atoms with Crippen molar-refractivity contribution in [2.24, 2.45) is 0 Å². The van der Waals surface area contributed by atoms with Crippen LogP contribution in [-0.2, 0) is 17.6 Å². The minimum atomic E-state index is 0.143. The average molecular weight is 317 g/mol. The number of anilines is 1. The van der Waals surface area contributed by atoms with Crippen LogP contribution < -0.4 is 5.32 Å². The number of piperidine rings is 1. The summed E-state index contributed by atoms with van der Waals surface area (Å²) in [5, 5.41) is 3.55. The van der Waals surface area contributed by atoms with Gasteiger partial charge >= 0.3 is 0 Å². The lowest BCUT2D eigenvalue weighted by molar-refractivity contribution is -0.128. The average Bonchev–Trinajstić information content (AvgIpc) is 2.77. The van der Waals surface area contributed by atoms with E-state index in [-0.39, 0.29) is 5.91 Å². The molecule has 1 aromatic heterocycles. The third-order valence-electron chi connectivity index (χ3n) is 5.16. The maximum atomic E-state index is 11.6. The number of carbonyl (C=O) groups excluding carboxylic acids is 1. The van der Waals surface area contributed by atoms with Gasteiger partial charge < -0.3 is 15.1 Å². The highest BCUT2D eigenvalue weighted by molar-refractivity contribution is 5.73. The maximum absolute atomic E-state index is 11.6. The number of aromatic nitrogens is 2. The number of nitrogens with one attached hydrogen (secondary N) is 1. The summed E-state index contributed by atoms with van der Waals surface area (Å²) >= 11 is 0. The van der Waals surface area contributed by atoms with Crippen molar-refractivity contribution < 1.29 is 4.79 Å². The van der Waals surface area contributed by atoms with Crippen LogP contribution in [0.3, 0.4) is 0 Å². The Labute approximate surface area is 138 Å². The molecule has 0 spiro atoms. The van der Waals surface area contributed by atoms with Crippen LogP contribution in [0.25, 0.3) is 0 Å². The first-order valence-corrected chi connectivity index (χ1v) is 8.67. The van der Waals surface area contributed by atoms with E-state index in [1.54, 1.807) is 13.3 Å². The van der Waals surface area contributed by atoms with Gasteiger partial charge in [0.2, 0.25) is 5.91 Å². The molecule has 3 heterocycles. The van der Waals surface area contributed by atoms with Crippen LogP contribution in [0, 0.1) is 0 Å². The zero-order valence-corrected chi connectivity index (χ0v) is 14.2. The van der Waals surface area contributed by atoms with E-state index in [0.717, 1.165) is 44.0 Å². The molecule has 0 aliphatic carbocycles. The van der Waals surface area contributed by atoms with Gasteiger partial charge in [0.1, 0.15) is 12.1 Å². The normalized spacial score (nSPS) is 22.3. The number of likely N-dealkylation sites (N-methyl/N-ethyl adjacent to an activating group) is 1. The summed E-state index contributed by atoms with van der Waals surface area (Å²) in [6, 6.07) is 0.578. The Hall–Kier alpha value is -1.69. The molecule has 0 bridgehead atoms. The van der Waals surface area contributed by atoms with E-state index in [1.807, 2.05) is 4.90 Å². The van der Waals surface area contributed by atoms with Gasteiger partial charge in [0.25, 0.3) is 0 Å². The number of fused-ring (bicyclic) bond motifs is 1. The Morgan fingerprint density at radius 2 is 2.09 bits per heavy atom. The van der Waals surface area contributed by atoms with Gasteiger partial charge in [-0.05, 0) is 32.9 Å². The fourth-order valence-electron chi connectivity index (χ4n) is 3.61. The molecule has 126 valence electrons. The molecule has 1 fully saturated rings. The smallest absolute Gasteiger partial charge is 0.219 e. The van der Waals surface area contributed by atoms with Crippen molar-refractivity contribution in [3.63, 3.8) is 0 Å². The molecule has 1 N–H and O–H groups in total. The highest BCUT2D eigenvalue weighted by Gasteiger charge is 2.22. The standard InChI is InChI=1S/C17H27N5O/c1-13(23)22-9-6-15-16(7-10-22)19-12-20-17(15)18-11-14-5-3-4-8-21(14)2/h12,14H,3-11H2,1-2H3,(H,18,19,20). The third kappa shape index (κ3) is 3.80. The second-order valence-corrected chi connectivity index (χ2v) is 6.66. The molecule has 1 amide bonds. The molecule has 3 rings (SSSR count). The topological polar surface area (TPSA) is 61.4 Å². The second-order valence-electron chi connectivity index (χ2n) is 6.66. The molecule has 2 aliphatic heterocycles. The van der Waals surface area contributed by atoms with Crippen molar-refractivity contribution in [3.05, 3.63) is 17.6 Å². The molecule has 1 saturated heterocycles. The first kappa shape index (κ1) is 16.2. The molecule has 6 nitrogen and oxygen atoms in total. The van der Waals surface area contributed by atoms with Gasteiger partial charge in [0.15, 0.2) is 0 Å². The molecule has 1 atom stereocenters. The molecule has 0 radical (unpaired) electrons. The van der Waals surface area contributed by atoms with E-state index in [0.29, 0.717) is 6.04 Å². The van der Waals surface area contributed by atoms with E-state index in [1.165, 1.54) is 31.4 Å². The molecule has 0 saturated carbocycles. The van der Waals surface area contributed by atoms with Gasteiger partial charge in [0.05, 0.1) is 5.69 Å². The summed E-state index contributed by atoms with van der Waals surface area (Å²) < 4.78 is 0. The first-order chi connectivity index (χ1) is 11.1. The van der Waals surface area contributed by atoms with E-state index >= 15 is 0 Å². The Morgan fingerprint density at radius 3 is 2.87 bits per heavy atom. The Balaban J connectivity index is 1.68. The minimum Gasteiger partial charge on any atom is -0.368 e. The fraction of sp³-hybridized carbons (Fsp3) is 0.706. The maximum Gasteiger partial charge on any atom is 0.219 e. The zero-order valence-electron chi connectivity index (χ0n) is 14.2.